The summed E-state index contributed by atoms with van der Waals surface area (Å²) >= 11 is 0. The molecule has 1 aromatic heterocycles. The molecule has 4 atom stereocenters. The van der Waals surface area contributed by atoms with Crippen LogP contribution >= 0.6 is 0 Å². The minimum atomic E-state index is 0.305. The fourth-order valence-corrected chi connectivity index (χ4v) is 4.75. The number of nitrogens with one attached hydrogen (secondary N) is 3. The van der Waals surface area contributed by atoms with E-state index in [1.54, 1.807) is 0 Å². The number of anilines is 1. The van der Waals surface area contributed by atoms with Gasteiger partial charge in [-0.1, -0.05) is 19.3 Å². The van der Waals surface area contributed by atoms with E-state index in [-0.39, 0.29) is 0 Å². The van der Waals surface area contributed by atoms with E-state index in [9.17, 15) is 0 Å². The van der Waals surface area contributed by atoms with Crippen molar-refractivity contribution in [3.63, 3.8) is 0 Å². The second-order valence-corrected chi connectivity index (χ2v) is 8.43. The van der Waals surface area contributed by atoms with Crippen LogP contribution in [0.1, 0.15) is 50.5 Å². The van der Waals surface area contributed by atoms with Crippen LogP contribution in [-0.2, 0) is 11.3 Å². The first-order chi connectivity index (χ1) is 13.3. The van der Waals surface area contributed by atoms with E-state index >= 15 is 0 Å². The van der Waals surface area contributed by atoms with Gasteiger partial charge in [0, 0.05) is 56.3 Å². The number of likely N-dealkylation sites (N-methyl/N-ethyl adjacent to an activating group) is 1. The lowest BCUT2D eigenvalue weighted by atomic mass is 9.90. The van der Waals surface area contributed by atoms with Gasteiger partial charge in [-0.2, -0.15) is 0 Å². The van der Waals surface area contributed by atoms with Crippen LogP contribution in [0.4, 0.5) is 5.95 Å². The maximum Gasteiger partial charge on any atom is 0.222 e. The van der Waals surface area contributed by atoms with Crippen molar-refractivity contribution >= 4 is 5.95 Å². The number of hydrogen-bond acceptors (Lipinski definition) is 7. The second-order valence-electron chi connectivity index (χ2n) is 8.43. The third-order valence-electron chi connectivity index (χ3n) is 6.22. The average Bonchev–Trinajstić information content (AvgIpc) is 3.26. The molecule has 3 fully saturated rings. The zero-order valence-electron chi connectivity index (χ0n) is 16.5. The number of aromatic nitrogens is 2. The van der Waals surface area contributed by atoms with Crippen molar-refractivity contribution in [2.24, 2.45) is 5.92 Å². The third kappa shape index (κ3) is 5.16. The Bertz CT molecular complexity index is 576. The zero-order valence-corrected chi connectivity index (χ0v) is 16.5. The van der Waals surface area contributed by atoms with Gasteiger partial charge < -0.3 is 15.0 Å². The van der Waals surface area contributed by atoms with Gasteiger partial charge in [-0.05, 0) is 38.6 Å². The lowest BCUT2D eigenvalue weighted by Crippen LogP contribution is -2.41. The Morgan fingerprint density at radius 1 is 1.11 bits per heavy atom. The molecule has 3 N–H and O–H groups in total. The number of hydrazine groups is 1. The molecule has 0 radical (unpaired) electrons. The molecule has 1 aromatic rings. The molecule has 150 valence electrons. The van der Waals surface area contributed by atoms with Crippen molar-refractivity contribution in [1.29, 1.82) is 0 Å². The van der Waals surface area contributed by atoms with E-state index in [0.717, 1.165) is 50.6 Å². The lowest BCUT2D eigenvalue weighted by molar-refractivity contribution is 0.120. The quantitative estimate of drug-likeness (QED) is 0.673. The van der Waals surface area contributed by atoms with Gasteiger partial charge in [0.2, 0.25) is 5.95 Å². The fourth-order valence-electron chi connectivity index (χ4n) is 4.75. The number of hydrogen-bond donors (Lipinski definition) is 3. The number of rotatable bonds is 7. The van der Waals surface area contributed by atoms with Crippen molar-refractivity contribution in [2.45, 2.75) is 69.7 Å². The van der Waals surface area contributed by atoms with Crippen LogP contribution in [0, 0.1) is 5.92 Å². The van der Waals surface area contributed by atoms with Gasteiger partial charge in [-0.25, -0.2) is 9.97 Å². The van der Waals surface area contributed by atoms with Crippen LogP contribution in [0.3, 0.4) is 0 Å². The van der Waals surface area contributed by atoms with Crippen LogP contribution < -0.4 is 16.2 Å². The number of nitrogens with zero attached hydrogens (tertiary/aromatic N) is 3. The monoisotopic (exact) mass is 374 g/mol. The van der Waals surface area contributed by atoms with Crippen LogP contribution in [-0.4, -0.2) is 59.8 Å². The summed E-state index contributed by atoms with van der Waals surface area (Å²) in [5.74, 6) is 1.45. The molecule has 0 spiro atoms. The Balaban J connectivity index is 1.23. The van der Waals surface area contributed by atoms with Crippen molar-refractivity contribution in [3.8, 4) is 0 Å². The maximum absolute atomic E-state index is 5.62. The predicted molar refractivity (Wildman–Crippen MR) is 106 cm³/mol. The lowest BCUT2D eigenvalue weighted by Gasteiger charge is -2.25. The summed E-state index contributed by atoms with van der Waals surface area (Å²) in [6, 6.07) is 1.19. The molecule has 7 heteroatoms. The largest absolute Gasteiger partial charge is 0.376 e. The molecule has 0 amide bonds. The first kappa shape index (κ1) is 19.1. The van der Waals surface area contributed by atoms with E-state index in [2.05, 4.69) is 38.1 Å². The highest BCUT2D eigenvalue weighted by molar-refractivity contribution is 5.24. The molecule has 4 rings (SSSR count). The summed E-state index contributed by atoms with van der Waals surface area (Å²) in [6.45, 7) is 3.60. The molecular formula is C20H34N6O. The first-order valence-corrected chi connectivity index (χ1v) is 10.6. The van der Waals surface area contributed by atoms with Gasteiger partial charge in [0.15, 0.2) is 0 Å². The van der Waals surface area contributed by atoms with Crippen LogP contribution in [0.25, 0.3) is 0 Å². The molecule has 0 aromatic carbocycles. The number of fused-ring (bicyclic) bond motifs is 1. The zero-order chi connectivity index (χ0) is 18.5. The first-order valence-electron chi connectivity index (χ1n) is 10.6. The van der Waals surface area contributed by atoms with E-state index < -0.39 is 0 Å². The van der Waals surface area contributed by atoms with E-state index in [1.807, 2.05) is 12.4 Å². The Kier molecular flexibility index (Phi) is 6.55. The predicted octanol–water partition coefficient (Wildman–Crippen LogP) is 1.92. The smallest absolute Gasteiger partial charge is 0.222 e. The highest BCUT2D eigenvalue weighted by Gasteiger charge is 2.36. The summed E-state index contributed by atoms with van der Waals surface area (Å²) in [5, 5.41) is 3.28. The van der Waals surface area contributed by atoms with Gasteiger partial charge in [0.1, 0.15) is 0 Å². The summed E-state index contributed by atoms with van der Waals surface area (Å²) in [4.78, 5) is 11.3. The van der Waals surface area contributed by atoms with Gasteiger partial charge in [-0.3, -0.25) is 10.9 Å². The molecule has 27 heavy (non-hydrogen) atoms. The molecule has 7 nitrogen and oxygen atoms in total. The molecule has 2 saturated heterocycles. The summed E-state index contributed by atoms with van der Waals surface area (Å²) in [5.41, 5.74) is 8.25. The number of ether oxygens (including phenoxy) is 1. The topological polar surface area (TPSA) is 74.3 Å². The van der Waals surface area contributed by atoms with E-state index in [4.69, 9.17) is 4.74 Å². The molecule has 0 bridgehead atoms. The van der Waals surface area contributed by atoms with Crippen molar-refractivity contribution in [2.75, 3.05) is 32.1 Å². The molecular weight excluding hydrogens is 340 g/mol. The van der Waals surface area contributed by atoms with Gasteiger partial charge in [-0.15, -0.1) is 0 Å². The fraction of sp³-hybridized carbons (Fsp3) is 0.800. The standard InChI is InChI=1S/C20H34N6O/c1-26(14-19-17-7-3-2-4-8-18(17)24-25-19)13-15-10-21-20(22-11-15)23-12-16-6-5-9-27-16/h10-11,16-19,24-25H,2-9,12-14H2,1H3,(H,21,22,23). The SMILES string of the molecule is CN(Cc1cnc(NCC2CCCO2)nc1)CC1NNC2CCCCCC21. The van der Waals surface area contributed by atoms with Crippen molar-refractivity contribution < 1.29 is 4.74 Å². The molecule has 2 aliphatic heterocycles. The van der Waals surface area contributed by atoms with E-state index in [1.165, 1.54) is 32.1 Å². The Morgan fingerprint density at radius 3 is 2.78 bits per heavy atom. The molecule has 4 unspecified atom stereocenters. The Labute approximate surface area is 162 Å². The van der Waals surface area contributed by atoms with Crippen molar-refractivity contribution in [1.82, 2.24) is 25.7 Å². The Morgan fingerprint density at radius 2 is 1.96 bits per heavy atom. The third-order valence-corrected chi connectivity index (χ3v) is 6.22. The van der Waals surface area contributed by atoms with Crippen LogP contribution in [0.5, 0.6) is 0 Å². The van der Waals surface area contributed by atoms with Crippen molar-refractivity contribution in [3.05, 3.63) is 18.0 Å². The summed E-state index contributed by atoms with van der Waals surface area (Å²) in [6.07, 6.45) is 13.3. The molecule has 1 aliphatic carbocycles. The highest BCUT2D eigenvalue weighted by atomic mass is 16.5. The summed E-state index contributed by atoms with van der Waals surface area (Å²) in [7, 11) is 2.19. The average molecular weight is 375 g/mol. The second kappa shape index (κ2) is 9.28. The van der Waals surface area contributed by atoms with Crippen LogP contribution in [0.2, 0.25) is 0 Å². The minimum absolute atomic E-state index is 0.305. The molecule has 3 aliphatic rings. The van der Waals surface area contributed by atoms with Crippen LogP contribution in [0.15, 0.2) is 12.4 Å². The molecule has 1 saturated carbocycles. The Hall–Kier alpha value is -1.28. The molecule has 3 heterocycles. The minimum Gasteiger partial charge on any atom is -0.376 e. The van der Waals surface area contributed by atoms with Gasteiger partial charge in [0.05, 0.1) is 6.10 Å². The maximum atomic E-state index is 5.62. The highest BCUT2D eigenvalue weighted by Crippen LogP contribution is 2.29. The van der Waals surface area contributed by atoms with Gasteiger partial charge >= 0.3 is 0 Å². The normalized spacial score (nSPS) is 31.0. The van der Waals surface area contributed by atoms with E-state index in [0.29, 0.717) is 24.1 Å². The van der Waals surface area contributed by atoms with Gasteiger partial charge in [0.25, 0.3) is 0 Å². The summed E-state index contributed by atoms with van der Waals surface area (Å²) < 4.78 is 5.62.